The van der Waals surface area contributed by atoms with Gasteiger partial charge >= 0.3 is 0 Å². The lowest BCUT2D eigenvalue weighted by molar-refractivity contribution is 0.0681. The molecule has 1 unspecified atom stereocenters. The van der Waals surface area contributed by atoms with Crippen molar-refractivity contribution in [2.45, 2.75) is 39.9 Å². The van der Waals surface area contributed by atoms with Crippen molar-refractivity contribution in [3.05, 3.63) is 35.0 Å². The zero-order valence-corrected chi connectivity index (χ0v) is 12.9. The highest BCUT2D eigenvalue weighted by molar-refractivity contribution is 5.21. The minimum Gasteiger partial charge on any atom is -0.379 e. The maximum absolute atomic E-state index is 5.61. The van der Waals surface area contributed by atoms with Gasteiger partial charge in [-0.15, -0.1) is 0 Å². The van der Waals surface area contributed by atoms with Gasteiger partial charge in [-0.2, -0.15) is 5.10 Å². The average Bonchev–Trinajstić information content (AvgIpc) is 3.06. The Bertz CT molecular complexity index is 585. The van der Waals surface area contributed by atoms with E-state index in [1.54, 1.807) is 0 Å². The molecule has 21 heavy (non-hydrogen) atoms. The second-order valence-corrected chi connectivity index (χ2v) is 5.55. The maximum atomic E-state index is 5.61. The van der Waals surface area contributed by atoms with Crippen LogP contribution < -0.4 is 0 Å². The molecule has 6 heteroatoms. The molecule has 0 aromatic carbocycles. The summed E-state index contributed by atoms with van der Waals surface area (Å²) >= 11 is 0. The van der Waals surface area contributed by atoms with Crippen LogP contribution in [0, 0.1) is 13.8 Å². The molecule has 0 spiro atoms. The van der Waals surface area contributed by atoms with Crippen LogP contribution in [0.25, 0.3) is 0 Å². The zero-order chi connectivity index (χ0) is 14.8. The van der Waals surface area contributed by atoms with Crippen LogP contribution in [0.5, 0.6) is 0 Å². The van der Waals surface area contributed by atoms with Gasteiger partial charge in [-0.05, 0) is 26.8 Å². The molecule has 0 radical (unpaired) electrons. The minimum absolute atomic E-state index is 0.268. The predicted octanol–water partition coefficient (Wildman–Crippen LogP) is 2.08. The molecule has 0 fully saturated rings. The van der Waals surface area contributed by atoms with E-state index in [4.69, 9.17) is 9.26 Å². The second-order valence-electron chi connectivity index (χ2n) is 5.55. The standard InChI is InChI=1S/C15H22N4O2/c1-4-20-10-14-8-18(7-13-5-6-16-19(13)14)9-15-11(2)17-21-12(15)3/h5-6,14H,4,7-10H2,1-3H3. The SMILES string of the molecule is CCOCC1CN(Cc2c(C)noc2C)Cc2ccnn21. The molecule has 0 amide bonds. The van der Waals surface area contributed by atoms with Crippen molar-refractivity contribution in [2.24, 2.45) is 0 Å². The van der Waals surface area contributed by atoms with Crippen molar-refractivity contribution >= 4 is 0 Å². The molecule has 0 aliphatic carbocycles. The predicted molar refractivity (Wildman–Crippen MR) is 77.8 cm³/mol. The largest absolute Gasteiger partial charge is 0.379 e. The number of aromatic nitrogens is 3. The van der Waals surface area contributed by atoms with Gasteiger partial charge in [0.15, 0.2) is 0 Å². The third kappa shape index (κ3) is 2.87. The lowest BCUT2D eigenvalue weighted by Gasteiger charge is -2.33. The summed E-state index contributed by atoms with van der Waals surface area (Å²) < 4.78 is 13.0. The molecule has 114 valence electrons. The van der Waals surface area contributed by atoms with E-state index in [2.05, 4.69) is 25.9 Å². The Hall–Kier alpha value is -1.66. The summed E-state index contributed by atoms with van der Waals surface area (Å²) in [6.45, 7) is 10.1. The molecule has 3 heterocycles. The summed E-state index contributed by atoms with van der Waals surface area (Å²) in [5, 5.41) is 8.48. The molecule has 2 aromatic heterocycles. The summed E-state index contributed by atoms with van der Waals surface area (Å²) in [6.07, 6.45) is 1.87. The highest BCUT2D eigenvalue weighted by Gasteiger charge is 2.26. The van der Waals surface area contributed by atoms with Crippen molar-refractivity contribution < 1.29 is 9.26 Å². The van der Waals surface area contributed by atoms with Crippen molar-refractivity contribution in [1.82, 2.24) is 19.8 Å². The first kappa shape index (κ1) is 14.3. The Morgan fingerprint density at radius 2 is 2.29 bits per heavy atom. The van der Waals surface area contributed by atoms with Gasteiger partial charge < -0.3 is 9.26 Å². The van der Waals surface area contributed by atoms with Crippen LogP contribution in [-0.2, 0) is 17.8 Å². The Kier molecular flexibility index (Phi) is 4.07. The molecule has 0 bridgehead atoms. The number of hydrogen-bond donors (Lipinski definition) is 0. The third-order valence-corrected chi connectivity index (χ3v) is 4.03. The number of ether oxygens (including phenoxy) is 1. The number of rotatable bonds is 5. The summed E-state index contributed by atoms with van der Waals surface area (Å²) in [5.74, 6) is 0.910. The van der Waals surface area contributed by atoms with E-state index < -0.39 is 0 Å². The van der Waals surface area contributed by atoms with Crippen LogP contribution in [0.1, 0.15) is 35.7 Å². The highest BCUT2D eigenvalue weighted by Crippen LogP contribution is 2.24. The molecule has 3 rings (SSSR count). The van der Waals surface area contributed by atoms with Gasteiger partial charge in [0, 0.05) is 38.0 Å². The lowest BCUT2D eigenvalue weighted by Crippen LogP contribution is -2.39. The van der Waals surface area contributed by atoms with E-state index in [0.29, 0.717) is 6.61 Å². The monoisotopic (exact) mass is 290 g/mol. The molecule has 0 saturated heterocycles. The summed E-state index contributed by atoms with van der Waals surface area (Å²) in [6, 6.07) is 2.35. The first-order valence-electron chi connectivity index (χ1n) is 7.43. The molecule has 1 atom stereocenters. The van der Waals surface area contributed by atoms with Gasteiger partial charge in [-0.1, -0.05) is 5.16 Å². The number of nitrogens with zero attached hydrogens (tertiary/aromatic N) is 4. The smallest absolute Gasteiger partial charge is 0.138 e. The molecule has 1 aliphatic heterocycles. The van der Waals surface area contributed by atoms with Crippen LogP contribution in [0.2, 0.25) is 0 Å². The fourth-order valence-electron chi connectivity index (χ4n) is 2.91. The first-order valence-corrected chi connectivity index (χ1v) is 7.43. The van der Waals surface area contributed by atoms with Gasteiger partial charge in [0.25, 0.3) is 0 Å². The van der Waals surface area contributed by atoms with Crippen LogP contribution in [0.3, 0.4) is 0 Å². The Labute approximate surface area is 124 Å². The topological polar surface area (TPSA) is 56.3 Å². The van der Waals surface area contributed by atoms with Crippen LogP contribution in [0.4, 0.5) is 0 Å². The molecular formula is C15H22N4O2. The molecule has 0 saturated carbocycles. The van der Waals surface area contributed by atoms with Crippen molar-refractivity contribution in [2.75, 3.05) is 19.8 Å². The zero-order valence-electron chi connectivity index (χ0n) is 12.9. The van der Waals surface area contributed by atoms with Crippen LogP contribution >= 0.6 is 0 Å². The van der Waals surface area contributed by atoms with E-state index in [-0.39, 0.29) is 6.04 Å². The average molecular weight is 290 g/mol. The van der Waals surface area contributed by atoms with E-state index in [1.165, 1.54) is 11.3 Å². The van der Waals surface area contributed by atoms with Gasteiger partial charge in [0.05, 0.1) is 24.0 Å². The van der Waals surface area contributed by atoms with Crippen molar-refractivity contribution in [3.63, 3.8) is 0 Å². The minimum atomic E-state index is 0.268. The van der Waals surface area contributed by atoms with E-state index in [1.807, 2.05) is 27.0 Å². The molecule has 1 aliphatic rings. The number of hydrogen-bond acceptors (Lipinski definition) is 5. The van der Waals surface area contributed by atoms with Crippen molar-refractivity contribution in [3.8, 4) is 0 Å². The summed E-state index contributed by atoms with van der Waals surface area (Å²) in [7, 11) is 0. The Morgan fingerprint density at radius 1 is 1.43 bits per heavy atom. The van der Waals surface area contributed by atoms with Crippen molar-refractivity contribution in [1.29, 1.82) is 0 Å². The number of aryl methyl sites for hydroxylation is 2. The Morgan fingerprint density at radius 3 is 3.00 bits per heavy atom. The quantitative estimate of drug-likeness (QED) is 0.844. The lowest BCUT2D eigenvalue weighted by atomic mass is 10.1. The summed E-state index contributed by atoms with van der Waals surface area (Å²) in [4.78, 5) is 2.41. The fourth-order valence-corrected chi connectivity index (χ4v) is 2.91. The maximum Gasteiger partial charge on any atom is 0.138 e. The normalized spacial score (nSPS) is 18.9. The van der Waals surface area contributed by atoms with Gasteiger partial charge in [0.1, 0.15) is 5.76 Å². The fraction of sp³-hybridized carbons (Fsp3) is 0.600. The van der Waals surface area contributed by atoms with E-state index in [9.17, 15) is 0 Å². The van der Waals surface area contributed by atoms with Gasteiger partial charge in [-0.25, -0.2) is 0 Å². The first-order chi connectivity index (χ1) is 10.2. The highest BCUT2D eigenvalue weighted by atomic mass is 16.5. The second kappa shape index (κ2) is 5.99. The van der Waals surface area contributed by atoms with E-state index in [0.717, 1.165) is 37.7 Å². The van der Waals surface area contributed by atoms with Crippen LogP contribution in [0.15, 0.2) is 16.8 Å². The van der Waals surface area contributed by atoms with E-state index >= 15 is 0 Å². The third-order valence-electron chi connectivity index (χ3n) is 4.03. The number of fused-ring (bicyclic) bond motifs is 1. The Balaban J connectivity index is 1.76. The van der Waals surface area contributed by atoms with Gasteiger partial charge in [0.2, 0.25) is 0 Å². The molecular weight excluding hydrogens is 268 g/mol. The molecule has 0 N–H and O–H groups in total. The summed E-state index contributed by atoms with van der Waals surface area (Å²) in [5.41, 5.74) is 3.41. The van der Waals surface area contributed by atoms with Gasteiger partial charge in [-0.3, -0.25) is 9.58 Å². The molecule has 2 aromatic rings. The van der Waals surface area contributed by atoms with Crippen LogP contribution in [-0.4, -0.2) is 39.6 Å². The molecule has 6 nitrogen and oxygen atoms in total.